The quantitative estimate of drug-likeness (QED) is 0.701. The van der Waals surface area contributed by atoms with E-state index in [0.717, 1.165) is 12.8 Å². The lowest BCUT2D eigenvalue weighted by atomic mass is 9.97. The van der Waals surface area contributed by atoms with Crippen molar-refractivity contribution in [2.45, 2.75) is 50.5 Å². The van der Waals surface area contributed by atoms with Crippen molar-refractivity contribution in [1.82, 2.24) is 10.2 Å². The van der Waals surface area contributed by atoms with Crippen molar-refractivity contribution in [2.75, 3.05) is 19.7 Å². The highest BCUT2D eigenvalue weighted by Gasteiger charge is 2.35. The molecule has 2 aliphatic heterocycles. The molecule has 0 unspecified atom stereocenters. The van der Waals surface area contributed by atoms with Gasteiger partial charge >= 0.3 is 5.97 Å². The van der Waals surface area contributed by atoms with Crippen LogP contribution in [0.4, 0.5) is 0 Å². The molecular weight excluding hydrogens is 394 g/mol. The Labute approximate surface area is 171 Å². The zero-order valence-electron chi connectivity index (χ0n) is 16.8. The Morgan fingerprint density at radius 3 is 2.86 bits per heavy atom. The van der Waals surface area contributed by atoms with Gasteiger partial charge in [-0.05, 0) is 38.3 Å². The number of esters is 1. The van der Waals surface area contributed by atoms with E-state index >= 15 is 0 Å². The van der Waals surface area contributed by atoms with Crippen LogP contribution in [0.15, 0.2) is 33.6 Å². The average molecular weight is 422 g/mol. The van der Waals surface area contributed by atoms with E-state index in [4.69, 9.17) is 4.74 Å². The van der Waals surface area contributed by atoms with E-state index in [-0.39, 0.29) is 23.5 Å². The molecule has 158 valence electrons. The number of rotatable bonds is 6. The zero-order valence-corrected chi connectivity index (χ0v) is 17.6. The number of fused-ring (bicyclic) bond motifs is 1. The van der Waals surface area contributed by atoms with Crippen molar-refractivity contribution >= 4 is 27.7 Å². The zero-order chi connectivity index (χ0) is 21.0. The molecule has 1 fully saturated rings. The highest BCUT2D eigenvalue weighted by molar-refractivity contribution is 7.90. The van der Waals surface area contributed by atoms with Crippen molar-refractivity contribution < 1.29 is 22.7 Å². The smallest absolute Gasteiger partial charge is 0.311 e. The van der Waals surface area contributed by atoms with Crippen LogP contribution in [0.2, 0.25) is 0 Å². The summed E-state index contributed by atoms with van der Waals surface area (Å²) in [7, 11) is -3.70. The largest absolute Gasteiger partial charge is 0.455 e. The number of carbonyl (C=O) groups excluding carboxylic acids is 2. The van der Waals surface area contributed by atoms with Crippen molar-refractivity contribution in [3.8, 4) is 0 Å². The summed E-state index contributed by atoms with van der Waals surface area (Å²) in [4.78, 5) is 26.4. The lowest BCUT2D eigenvalue weighted by molar-refractivity contribution is -0.154. The summed E-state index contributed by atoms with van der Waals surface area (Å²) in [5, 5.41) is 2.80. The van der Waals surface area contributed by atoms with Gasteiger partial charge < -0.3 is 15.0 Å². The van der Waals surface area contributed by atoms with Gasteiger partial charge in [-0.15, -0.1) is 4.40 Å². The normalized spacial score (nSPS) is 21.1. The average Bonchev–Trinajstić information content (AvgIpc) is 2.98. The second-order valence-electron chi connectivity index (χ2n) is 7.54. The molecule has 9 heteroatoms. The first kappa shape index (κ1) is 21.3. The van der Waals surface area contributed by atoms with Gasteiger partial charge in [0.1, 0.15) is 4.90 Å². The Bertz CT molecular complexity index is 912. The molecule has 0 spiro atoms. The third-order valence-corrected chi connectivity index (χ3v) is 6.47. The van der Waals surface area contributed by atoms with E-state index in [9.17, 15) is 18.0 Å². The van der Waals surface area contributed by atoms with Crippen molar-refractivity contribution in [2.24, 2.45) is 10.3 Å². The second kappa shape index (κ2) is 8.94. The van der Waals surface area contributed by atoms with Gasteiger partial charge in [0.15, 0.2) is 12.4 Å². The Morgan fingerprint density at radius 1 is 1.34 bits per heavy atom. The molecule has 1 N–H and O–H groups in total. The second-order valence-corrected chi connectivity index (χ2v) is 9.11. The molecule has 1 amide bonds. The van der Waals surface area contributed by atoms with Crippen LogP contribution in [-0.4, -0.2) is 56.8 Å². The fourth-order valence-electron chi connectivity index (χ4n) is 3.75. The highest BCUT2D eigenvalue weighted by atomic mass is 32.2. The number of carbonyl (C=O) groups is 2. The number of ether oxygens (including phenoxy) is 1. The molecule has 0 aromatic heterocycles. The summed E-state index contributed by atoms with van der Waals surface area (Å²) in [5.41, 5.74) is 0.561. The maximum Gasteiger partial charge on any atom is 0.311 e. The van der Waals surface area contributed by atoms with E-state index in [1.807, 2.05) is 18.7 Å². The predicted octanol–water partition coefficient (Wildman–Crippen LogP) is 1.70. The van der Waals surface area contributed by atoms with Crippen molar-refractivity contribution in [3.05, 3.63) is 29.8 Å². The summed E-state index contributed by atoms with van der Waals surface area (Å²) in [5.74, 6) is -0.804. The minimum atomic E-state index is -3.70. The number of benzene rings is 1. The summed E-state index contributed by atoms with van der Waals surface area (Å²) >= 11 is 0. The van der Waals surface area contributed by atoms with E-state index < -0.39 is 21.9 Å². The minimum Gasteiger partial charge on any atom is -0.455 e. The lowest BCUT2D eigenvalue weighted by Gasteiger charge is -2.32. The van der Waals surface area contributed by atoms with Crippen molar-refractivity contribution in [1.29, 1.82) is 0 Å². The Balaban J connectivity index is 1.60. The number of amides is 1. The van der Waals surface area contributed by atoms with Crippen molar-refractivity contribution in [3.63, 3.8) is 0 Å². The van der Waals surface area contributed by atoms with E-state index in [1.54, 1.807) is 18.2 Å². The molecule has 3 rings (SSSR count). The van der Waals surface area contributed by atoms with Crippen LogP contribution in [-0.2, 0) is 24.3 Å². The maximum atomic E-state index is 12.5. The van der Waals surface area contributed by atoms with Gasteiger partial charge in [-0.3, -0.25) is 9.59 Å². The Kier molecular flexibility index (Phi) is 6.56. The molecule has 0 saturated carbocycles. The topological polar surface area (TPSA) is 105 Å². The highest BCUT2D eigenvalue weighted by Crippen LogP contribution is 2.29. The fraction of sp³-hybridized carbons (Fsp3) is 0.550. The molecule has 0 bridgehead atoms. The molecular formula is C20H27N3O5S. The fourth-order valence-corrected chi connectivity index (χ4v) is 4.98. The van der Waals surface area contributed by atoms with Gasteiger partial charge in [-0.1, -0.05) is 25.5 Å². The lowest BCUT2D eigenvalue weighted by Crippen LogP contribution is -2.43. The molecule has 0 radical (unpaired) electrons. The van der Waals surface area contributed by atoms with Crippen LogP contribution in [0.5, 0.6) is 0 Å². The van der Waals surface area contributed by atoms with Gasteiger partial charge in [0.2, 0.25) is 0 Å². The molecule has 1 aromatic rings. The first-order chi connectivity index (χ1) is 13.8. The first-order valence-corrected chi connectivity index (χ1v) is 11.4. The summed E-state index contributed by atoms with van der Waals surface area (Å²) in [6.07, 6.45) is 3.16. The number of piperidine rings is 1. The van der Waals surface area contributed by atoms with E-state index in [1.165, 1.54) is 6.07 Å². The molecule has 8 nitrogen and oxygen atoms in total. The predicted molar refractivity (Wildman–Crippen MR) is 108 cm³/mol. The van der Waals surface area contributed by atoms with Crippen LogP contribution in [0.25, 0.3) is 0 Å². The summed E-state index contributed by atoms with van der Waals surface area (Å²) < 4.78 is 33.7. The number of sulfonamides is 1. The monoisotopic (exact) mass is 421 g/mol. The van der Waals surface area contributed by atoms with Gasteiger partial charge in [0.25, 0.3) is 15.9 Å². The Morgan fingerprint density at radius 2 is 2.10 bits per heavy atom. The summed E-state index contributed by atoms with van der Waals surface area (Å²) in [6, 6.07) is 6.73. The van der Waals surface area contributed by atoms with Crippen LogP contribution >= 0.6 is 0 Å². The van der Waals surface area contributed by atoms with Crippen LogP contribution in [0.3, 0.4) is 0 Å². The molecule has 2 atom stereocenters. The Hall–Kier alpha value is -2.42. The van der Waals surface area contributed by atoms with E-state index in [0.29, 0.717) is 37.3 Å². The molecule has 0 aliphatic carbocycles. The number of nitrogens with zero attached hydrogens (tertiary/aromatic N) is 2. The van der Waals surface area contributed by atoms with Crippen LogP contribution in [0, 0.1) is 5.92 Å². The number of hydrogen-bond acceptors (Lipinski definition) is 6. The molecule has 1 aromatic carbocycles. The van der Waals surface area contributed by atoms with Gasteiger partial charge in [0.05, 0.1) is 5.92 Å². The third kappa shape index (κ3) is 4.95. The first-order valence-electron chi connectivity index (χ1n) is 9.97. The van der Waals surface area contributed by atoms with Crippen LogP contribution in [0.1, 0.15) is 45.1 Å². The van der Waals surface area contributed by atoms with Gasteiger partial charge in [-0.2, -0.15) is 8.42 Å². The number of likely N-dealkylation sites (tertiary alicyclic amines) is 1. The number of nitrogens with one attached hydrogen (secondary N) is 1. The van der Waals surface area contributed by atoms with Gasteiger partial charge in [-0.25, -0.2) is 0 Å². The third-order valence-electron chi connectivity index (χ3n) is 5.14. The van der Waals surface area contributed by atoms with E-state index in [2.05, 4.69) is 9.71 Å². The SMILES string of the molecule is CCC[C@@H](C)NC(=O)COC(=O)[C@H]1CCCN(C2=NS(=O)(=O)c3ccccc32)C1. The standard InChI is InChI=1S/C20H27N3O5S/c1-3-7-14(2)21-18(24)13-28-20(25)15-8-6-11-23(12-15)19-16-9-4-5-10-17(16)29(26,27)22-19/h4-5,9-10,14-15H,3,6-8,11-13H2,1-2H3,(H,21,24)/t14-,15+/m1/s1. The number of amidine groups is 1. The molecule has 1 saturated heterocycles. The van der Waals surface area contributed by atoms with Crippen LogP contribution < -0.4 is 5.32 Å². The van der Waals surface area contributed by atoms with Gasteiger partial charge in [0, 0.05) is 24.7 Å². The minimum absolute atomic E-state index is 0.0405. The molecule has 2 heterocycles. The number of hydrogen-bond donors (Lipinski definition) is 1. The maximum absolute atomic E-state index is 12.5. The summed E-state index contributed by atoms with van der Waals surface area (Å²) in [6.45, 7) is 4.57. The molecule has 29 heavy (non-hydrogen) atoms. The molecule has 2 aliphatic rings.